The lowest BCUT2D eigenvalue weighted by Gasteiger charge is -2.37. The van der Waals surface area contributed by atoms with Crippen LogP contribution in [0.2, 0.25) is 0 Å². The van der Waals surface area contributed by atoms with Crippen LogP contribution in [0.4, 0.5) is 5.69 Å². The molecule has 1 saturated heterocycles. The molecular formula is C15H21N3O5S. The van der Waals surface area contributed by atoms with Gasteiger partial charge in [-0.15, -0.1) is 0 Å². The molecule has 0 bridgehead atoms. The Labute approximate surface area is 141 Å². The lowest BCUT2D eigenvalue weighted by Crippen LogP contribution is -2.54. The third-order valence-electron chi connectivity index (χ3n) is 3.83. The molecule has 1 fully saturated rings. The molecule has 0 radical (unpaired) electrons. The van der Waals surface area contributed by atoms with Gasteiger partial charge in [0.2, 0.25) is 15.9 Å². The van der Waals surface area contributed by atoms with E-state index >= 15 is 0 Å². The number of anilines is 1. The van der Waals surface area contributed by atoms with E-state index in [1.807, 2.05) is 0 Å². The number of rotatable bonds is 5. The van der Waals surface area contributed by atoms with Crippen molar-refractivity contribution in [1.82, 2.24) is 9.62 Å². The first kappa shape index (κ1) is 18.2. The predicted octanol–water partition coefficient (Wildman–Crippen LogP) is -0.0289. The van der Waals surface area contributed by atoms with E-state index in [9.17, 15) is 18.0 Å². The van der Waals surface area contributed by atoms with Gasteiger partial charge in [-0.25, -0.2) is 17.9 Å². The summed E-state index contributed by atoms with van der Waals surface area (Å²) in [5.41, 5.74) is 1.13. The number of amides is 1. The van der Waals surface area contributed by atoms with Crippen LogP contribution in [0.3, 0.4) is 0 Å². The van der Waals surface area contributed by atoms with E-state index in [-0.39, 0.29) is 11.5 Å². The first-order chi connectivity index (χ1) is 11.2. The smallest absolute Gasteiger partial charge is 0.335 e. The third-order valence-corrected chi connectivity index (χ3v) is 4.61. The van der Waals surface area contributed by atoms with Gasteiger partial charge in [-0.1, -0.05) is 0 Å². The van der Waals surface area contributed by atoms with Crippen LogP contribution in [0.5, 0.6) is 0 Å². The number of piperazine rings is 1. The zero-order valence-electron chi connectivity index (χ0n) is 13.6. The predicted molar refractivity (Wildman–Crippen MR) is 89.6 cm³/mol. The van der Waals surface area contributed by atoms with Crippen molar-refractivity contribution in [3.8, 4) is 0 Å². The van der Waals surface area contributed by atoms with Gasteiger partial charge in [0.05, 0.1) is 17.9 Å². The maximum atomic E-state index is 12.3. The Morgan fingerprint density at radius 2 is 1.67 bits per heavy atom. The monoisotopic (exact) mass is 355 g/mol. The number of aromatic carboxylic acids is 1. The van der Waals surface area contributed by atoms with Crippen LogP contribution in [0, 0.1) is 0 Å². The van der Waals surface area contributed by atoms with Crippen LogP contribution >= 0.6 is 0 Å². The first-order valence-electron chi connectivity index (χ1n) is 7.52. The minimum atomic E-state index is -3.43. The summed E-state index contributed by atoms with van der Waals surface area (Å²) in [5.74, 6) is -1.22. The number of carboxylic acids is 1. The molecular weight excluding hydrogens is 334 g/mol. The van der Waals surface area contributed by atoms with Crippen LogP contribution in [0.15, 0.2) is 24.3 Å². The minimum Gasteiger partial charge on any atom is -0.478 e. The van der Waals surface area contributed by atoms with Crippen LogP contribution in [-0.4, -0.2) is 68.8 Å². The van der Waals surface area contributed by atoms with E-state index in [4.69, 9.17) is 5.11 Å². The molecule has 0 saturated carbocycles. The lowest BCUT2D eigenvalue weighted by atomic mass is 10.1. The summed E-state index contributed by atoms with van der Waals surface area (Å²) in [4.78, 5) is 26.8. The summed E-state index contributed by atoms with van der Waals surface area (Å²) in [6.45, 7) is 3.69. The number of carbonyl (C=O) groups excluding carboxylic acids is 1. The molecule has 2 N–H and O–H groups in total. The number of nitrogens with zero attached hydrogens (tertiary/aromatic N) is 2. The van der Waals surface area contributed by atoms with Gasteiger partial charge < -0.3 is 14.9 Å². The van der Waals surface area contributed by atoms with Crippen LogP contribution in [0.25, 0.3) is 0 Å². The number of nitrogens with one attached hydrogen (secondary N) is 1. The van der Waals surface area contributed by atoms with Gasteiger partial charge in [-0.3, -0.25) is 4.79 Å². The van der Waals surface area contributed by atoms with E-state index in [1.54, 1.807) is 29.2 Å². The van der Waals surface area contributed by atoms with Crippen LogP contribution in [-0.2, 0) is 14.8 Å². The molecule has 2 rings (SSSR count). The molecule has 1 aliphatic rings. The van der Waals surface area contributed by atoms with Crippen molar-refractivity contribution in [3.05, 3.63) is 29.8 Å². The minimum absolute atomic E-state index is 0.230. The van der Waals surface area contributed by atoms with Crippen molar-refractivity contribution >= 4 is 27.6 Å². The van der Waals surface area contributed by atoms with Crippen LogP contribution < -0.4 is 9.62 Å². The van der Waals surface area contributed by atoms with Gasteiger partial charge in [0.1, 0.15) is 0 Å². The molecule has 9 heteroatoms. The van der Waals surface area contributed by atoms with Gasteiger partial charge in [-0.2, -0.15) is 0 Å². The van der Waals surface area contributed by atoms with Crippen molar-refractivity contribution in [1.29, 1.82) is 0 Å². The number of hydrogen-bond acceptors (Lipinski definition) is 5. The van der Waals surface area contributed by atoms with E-state index < -0.39 is 22.0 Å². The van der Waals surface area contributed by atoms with Crippen molar-refractivity contribution < 1.29 is 23.1 Å². The Balaban J connectivity index is 1.93. The highest BCUT2D eigenvalue weighted by Gasteiger charge is 2.26. The van der Waals surface area contributed by atoms with Gasteiger partial charge in [0, 0.05) is 31.9 Å². The molecule has 24 heavy (non-hydrogen) atoms. The molecule has 1 aromatic rings. The van der Waals surface area contributed by atoms with Gasteiger partial charge >= 0.3 is 5.97 Å². The summed E-state index contributed by atoms with van der Waals surface area (Å²) < 4.78 is 24.7. The second kappa shape index (κ2) is 7.18. The summed E-state index contributed by atoms with van der Waals surface area (Å²) in [7, 11) is -3.43. The quantitative estimate of drug-likeness (QED) is 0.768. The van der Waals surface area contributed by atoms with E-state index in [1.165, 1.54) is 6.92 Å². The second-order valence-corrected chi connectivity index (χ2v) is 7.56. The fourth-order valence-corrected chi connectivity index (χ4v) is 3.39. The number of carboxylic acid groups (broad SMARTS) is 1. The molecule has 0 aromatic heterocycles. The number of hydrogen-bond donors (Lipinski definition) is 2. The highest BCUT2D eigenvalue weighted by atomic mass is 32.2. The summed E-state index contributed by atoms with van der Waals surface area (Å²) in [6.07, 6.45) is 1.02. The van der Waals surface area contributed by atoms with E-state index in [0.29, 0.717) is 26.2 Å². The molecule has 1 aromatic carbocycles. The Kier molecular flexibility index (Phi) is 5.45. The Hall–Kier alpha value is -2.13. The number of carbonyl (C=O) groups is 2. The summed E-state index contributed by atoms with van der Waals surface area (Å²) in [6, 6.07) is 5.80. The summed E-state index contributed by atoms with van der Waals surface area (Å²) in [5, 5.41) is 8.91. The Morgan fingerprint density at radius 3 is 2.12 bits per heavy atom. The average Bonchev–Trinajstić information content (AvgIpc) is 2.53. The maximum Gasteiger partial charge on any atom is 0.335 e. The second-order valence-electron chi connectivity index (χ2n) is 5.78. The van der Waals surface area contributed by atoms with E-state index in [2.05, 4.69) is 9.62 Å². The van der Waals surface area contributed by atoms with Crippen molar-refractivity contribution in [2.45, 2.75) is 13.0 Å². The zero-order valence-corrected chi connectivity index (χ0v) is 14.4. The van der Waals surface area contributed by atoms with Gasteiger partial charge in [0.25, 0.3) is 0 Å². The molecule has 0 unspecified atom stereocenters. The Morgan fingerprint density at radius 1 is 1.12 bits per heavy atom. The topological polar surface area (TPSA) is 107 Å². The molecule has 132 valence electrons. The standard InChI is InChI=1S/C15H21N3O5S/c1-11(16-24(2,22)23)14(19)18-9-7-17(8-10-18)13-5-3-12(4-6-13)15(20)21/h3-6,11,16H,7-10H2,1-2H3,(H,20,21)/t11-/m1/s1. The largest absolute Gasteiger partial charge is 0.478 e. The molecule has 0 spiro atoms. The SMILES string of the molecule is C[C@@H](NS(C)(=O)=O)C(=O)N1CCN(c2ccc(C(=O)O)cc2)CC1. The number of benzene rings is 1. The summed E-state index contributed by atoms with van der Waals surface area (Å²) >= 11 is 0. The third kappa shape index (κ3) is 4.68. The Bertz CT molecular complexity index is 709. The highest BCUT2D eigenvalue weighted by molar-refractivity contribution is 7.88. The fourth-order valence-electron chi connectivity index (χ4n) is 2.65. The lowest BCUT2D eigenvalue weighted by molar-refractivity contribution is -0.132. The highest BCUT2D eigenvalue weighted by Crippen LogP contribution is 2.17. The van der Waals surface area contributed by atoms with Crippen molar-refractivity contribution in [3.63, 3.8) is 0 Å². The molecule has 8 nitrogen and oxygen atoms in total. The number of sulfonamides is 1. The molecule has 1 amide bonds. The first-order valence-corrected chi connectivity index (χ1v) is 9.41. The molecule has 1 heterocycles. The van der Waals surface area contributed by atoms with Gasteiger partial charge in [-0.05, 0) is 31.2 Å². The van der Waals surface area contributed by atoms with Crippen LogP contribution in [0.1, 0.15) is 17.3 Å². The average molecular weight is 355 g/mol. The molecule has 1 aliphatic heterocycles. The fraction of sp³-hybridized carbons (Fsp3) is 0.467. The normalized spacial score (nSPS) is 16.8. The molecule has 0 aliphatic carbocycles. The molecule has 1 atom stereocenters. The maximum absolute atomic E-state index is 12.3. The zero-order chi connectivity index (χ0) is 17.9. The van der Waals surface area contributed by atoms with E-state index in [0.717, 1.165) is 11.9 Å². The van der Waals surface area contributed by atoms with Crippen molar-refractivity contribution in [2.75, 3.05) is 37.3 Å². The van der Waals surface area contributed by atoms with Crippen molar-refractivity contribution in [2.24, 2.45) is 0 Å². The van der Waals surface area contributed by atoms with Gasteiger partial charge in [0.15, 0.2) is 0 Å².